The first-order valence-electron chi connectivity index (χ1n) is 4.92. The Bertz CT molecular complexity index is 516. The van der Waals surface area contributed by atoms with Crippen molar-refractivity contribution in [3.05, 3.63) is 48.0 Å². The summed E-state index contributed by atoms with van der Waals surface area (Å²) in [6, 6.07) is 5.22. The molecule has 0 aliphatic carbocycles. The minimum absolute atomic E-state index is 0.0431. The van der Waals surface area contributed by atoms with Crippen molar-refractivity contribution in [1.29, 1.82) is 5.41 Å². The Hall–Kier alpha value is -2.17. The van der Waals surface area contributed by atoms with E-state index in [-0.39, 0.29) is 11.5 Å². The van der Waals surface area contributed by atoms with Gasteiger partial charge in [-0.1, -0.05) is 0 Å². The number of furan rings is 1. The molecular weight excluding hydrogens is 206 g/mol. The summed E-state index contributed by atoms with van der Waals surface area (Å²) < 4.78 is 5.76. The van der Waals surface area contributed by atoms with Crippen molar-refractivity contribution in [1.82, 2.24) is 4.73 Å². The fraction of sp³-hybridized carbons (Fsp3) is 0.182. The van der Waals surface area contributed by atoms with E-state index in [1.807, 2.05) is 13.0 Å². The molecule has 5 nitrogen and oxygen atoms in total. The minimum atomic E-state index is 0.0431. The normalized spacial score (nSPS) is 12.3. The van der Waals surface area contributed by atoms with E-state index in [1.54, 1.807) is 18.6 Å². The maximum Gasteiger partial charge on any atom is 0.160 e. The molecule has 1 unspecified atom stereocenters. The van der Waals surface area contributed by atoms with Crippen molar-refractivity contribution in [2.45, 2.75) is 13.0 Å². The van der Waals surface area contributed by atoms with Gasteiger partial charge in [0.25, 0.3) is 0 Å². The highest BCUT2D eigenvalue weighted by Gasteiger charge is 2.06. The molecule has 0 aliphatic heterocycles. The van der Waals surface area contributed by atoms with Crippen LogP contribution in [0.2, 0.25) is 0 Å². The molecule has 2 rings (SSSR count). The molecule has 0 aliphatic rings. The molecule has 0 aromatic carbocycles. The lowest BCUT2D eigenvalue weighted by atomic mass is 10.2. The topological polar surface area (TPSA) is 74.2 Å². The number of nitrogens with one attached hydrogen (secondary N) is 2. The maximum atomic E-state index is 9.31. The van der Waals surface area contributed by atoms with Crippen molar-refractivity contribution in [3.63, 3.8) is 0 Å². The molecular formula is C11H13N3O2. The van der Waals surface area contributed by atoms with Gasteiger partial charge in [-0.3, -0.25) is 5.41 Å². The van der Waals surface area contributed by atoms with Gasteiger partial charge in [0.2, 0.25) is 0 Å². The molecule has 0 saturated heterocycles. The zero-order valence-electron chi connectivity index (χ0n) is 8.84. The second kappa shape index (κ2) is 4.14. The summed E-state index contributed by atoms with van der Waals surface area (Å²) >= 11 is 0. The summed E-state index contributed by atoms with van der Waals surface area (Å²) in [7, 11) is 0. The quantitative estimate of drug-likeness (QED) is 0.691. The molecule has 0 bridgehead atoms. The summed E-state index contributed by atoms with van der Waals surface area (Å²) in [6.07, 6.45) is 4.75. The van der Waals surface area contributed by atoms with E-state index in [0.717, 1.165) is 16.0 Å². The molecule has 84 valence electrons. The van der Waals surface area contributed by atoms with E-state index in [9.17, 15) is 5.21 Å². The Morgan fingerprint density at radius 2 is 2.25 bits per heavy atom. The van der Waals surface area contributed by atoms with Crippen LogP contribution in [0.1, 0.15) is 18.5 Å². The van der Waals surface area contributed by atoms with Crippen LogP contribution in [0.25, 0.3) is 0 Å². The van der Waals surface area contributed by atoms with Gasteiger partial charge in [-0.25, -0.2) is 0 Å². The van der Waals surface area contributed by atoms with Gasteiger partial charge in [-0.15, -0.1) is 0 Å². The number of hydrogen-bond acceptors (Lipinski definition) is 4. The molecule has 0 amide bonds. The van der Waals surface area contributed by atoms with E-state index in [2.05, 4.69) is 5.32 Å². The van der Waals surface area contributed by atoms with Gasteiger partial charge < -0.3 is 14.9 Å². The van der Waals surface area contributed by atoms with Gasteiger partial charge >= 0.3 is 0 Å². The molecule has 0 radical (unpaired) electrons. The van der Waals surface area contributed by atoms with E-state index in [1.165, 1.54) is 12.3 Å². The minimum Gasteiger partial charge on any atom is -0.472 e. The van der Waals surface area contributed by atoms with Crippen LogP contribution >= 0.6 is 0 Å². The van der Waals surface area contributed by atoms with E-state index >= 15 is 0 Å². The molecule has 5 heteroatoms. The van der Waals surface area contributed by atoms with Crippen LogP contribution < -0.4 is 10.8 Å². The van der Waals surface area contributed by atoms with E-state index in [4.69, 9.17) is 9.83 Å². The first-order chi connectivity index (χ1) is 7.66. The number of rotatable bonds is 3. The molecule has 1 atom stereocenters. The van der Waals surface area contributed by atoms with Gasteiger partial charge in [0.15, 0.2) is 5.49 Å². The van der Waals surface area contributed by atoms with Crippen molar-refractivity contribution in [3.8, 4) is 0 Å². The zero-order valence-corrected chi connectivity index (χ0v) is 8.84. The molecule has 2 heterocycles. The average Bonchev–Trinajstić information content (AvgIpc) is 2.77. The van der Waals surface area contributed by atoms with Gasteiger partial charge in [0, 0.05) is 5.56 Å². The number of hydrogen-bond donors (Lipinski definition) is 3. The van der Waals surface area contributed by atoms with Crippen molar-refractivity contribution in [2.75, 3.05) is 5.32 Å². The molecule has 0 fully saturated rings. The highest BCUT2D eigenvalue weighted by Crippen LogP contribution is 2.18. The van der Waals surface area contributed by atoms with Gasteiger partial charge in [-0.05, 0) is 25.1 Å². The summed E-state index contributed by atoms with van der Waals surface area (Å²) in [5.41, 5.74) is 1.81. The lowest BCUT2D eigenvalue weighted by molar-refractivity contribution is 0.171. The van der Waals surface area contributed by atoms with E-state index in [0.29, 0.717) is 0 Å². The van der Waals surface area contributed by atoms with Crippen molar-refractivity contribution in [2.24, 2.45) is 0 Å². The van der Waals surface area contributed by atoms with Gasteiger partial charge in [0.1, 0.15) is 0 Å². The Labute approximate surface area is 92.4 Å². The zero-order chi connectivity index (χ0) is 11.5. The first kappa shape index (κ1) is 10.4. The summed E-state index contributed by atoms with van der Waals surface area (Å²) in [5, 5.41) is 19.8. The molecule has 3 N–H and O–H groups in total. The second-order valence-electron chi connectivity index (χ2n) is 3.57. The Morgan fingerprint density at radius 3 is 2.88 bits per heavy atom. The number of aromatic nitrogens is 1. The van der Waals surface area contributed by atoms with Crippen LogP contribution in [0.4, 0.5) is 5.69 Å². The highest BCUT2D eigenvalue weighted by molar-refractivity contribution is 5.42. The SMILES string of the molecule is CC(Nc1ccc(=N)n(O)c1)c1ccoc1. The third kappa shape index (κ3) is 2.08. The Kier molecular flexibility index (Phi) is 2.68. The second-order valence-corrected chi connectivity index (χ2v) is 3.57. The Morgan fingerprint density at radius 1 is 1.44 bits per heavy atom. The predicted octanol–water partition coefficient (Wildman–Crippen LogP) is 1.97. The standard InChI is InChI=1S/C11H13N3O2/c1-8(9-4-5-16-7-9)13-10-2-3-11(12)14(15)6-10/h2-8,12-13,15H,1H3. The largest absolute Gasteiger partial charge is 0.472 e. The third-order valence-corrected chi connectivity index (χ3v) is 2.36. The fourth-order valence-corrected chi connectivity index (χ4v) is 1.43. The van der Waals surface area contributed by atoms with Crippen LogP contribution in [0, 0.1) is 5.41 Å². The van der Waals surface area contributed by atoms with Crippen molar-refractivity contribution >= 4 is 5.69 Å². The molecule has 2 aromatic heterocycles. The van der Waals surface area contributed by atoms with Crippen LogP contribution in [-0.4, -0.2) is 9.94 Å². The van der Waals surface area contributed by atoms with E-state index < -0.39 is 0 Å². The fourth-order valence-electron chi connectivity index (χ4n) is 1.43. The number of pyridine rings is 1. The Balaban J connectivity index is 2.15. The summed E-state index contributed by atoms with van der Waals surface area (Å²) in [6.45, 7) is 1.99. The van der Waals surface area contributed by atoms with Crippen LogP contribution in [0.3, 0.4) is 0 Å². The predicted molar refractivity (Wildman–Crippen MR) is 58.2 cm³/mol. The lowest BCUT2D eigenvalue weighted by Crippen LogP contribution is -2.17. The number of nitrogens with zero attached hydrogens (tertiary/aromatic N) is 1. The van der Waals surface area contributed by atoms with Crippen LogP contribution in [0.5, 0.6) is 0 Å². The van der Waals surface area contributed by atoms with Gasteiger partial charge in [0.05, 0.1) is 30.5 Å². The monoisotopic (exact) mass is 219 g/mol. The molecule has 16 heavy (non-hydrogen) atoms. The molecule has 0 saturated carbocycles. The molecule has 0 spiro atoms. The molecule has 2 aromatic rings. The highest BCUT2D eigenvalue weighted by atomic mass is 16.5. The lowest BCUT2D eigenvalue weighted by Gasteiger charge is -2.13. The maximum absolute atomic E-state index is 9.31. The number of anilines is 1. The van der Waals surface area contributed by atoms with Crippen LogP contribution in [-0.2, 0) is 0 Å². The third-order valence-electron chi connectivity index (χ3n) is 2.36. The van der Waals surface area contributed by atoms with Gasteiger partial charge in [-0.2, -0.15) is 4.73 Å². The summed E-state index contributed by atoms with van der Waals surface area (Å²) in [5.74, 6) is 0. The smallest absolute Gasteiger partial charge is 0.160 e. The average molecular weight is 219 g/mol. The summed E-state index contributed by atoms with van der Waals surface area (Å²) in [4.78, 5) is 0. The van der Waals surface area contributed by atoms with Crippen molar-refractivity contribution < 1.29 is 9.62 Å². The first-order valence-corrected chi connectivity index (χ1v) is 4.92. The van der Waals surface area contributed by atoms with Crippen LogP contribution in [0.15, 0.2) is 41.3 Å².